The molecule has 0 amide bonds. The van der Waals surface area contributed by atoms with E-state index in [2.05, 4.69) is 176 Å². The van der Waals surface area contributed by atoms with Crippen molar-refractivity contribution in [1.29, 1.82) is 0 Å². The molecule has 0 aliphatic rings. The normalized spacial score (nSPS) is 10.6. The van der Waals surface area contributed by atoms with Crippen LogP contribution in [0.25, 0.3) is 64.4 Å². The fourth-order valence-electron chi connectivity index (χ4n) is 8.66. The van der Waals surface area contributed by atoms with Gasteiger partial charge in [-0.2, -0.15) is 0 Å². The minimum Gasteiger partial charge on any atom is -0.493 e. The van der Waals surface area contributed by atoms with Crippen molar-refractivity contribution < 1.29 is 47.3 Å². The summed E-state index contributed by atoms with van der Waals surface area (Å²) in [7, 11) is 0. The Balaban J connectivity index is 0.00000150. The summed E-state index contributed by atoms with van der Waals surface area (Å²) in [5.74, 6) is 0.0624. The minimum absolute atomic E-state index is 0. The van der Waals surface area contributed by atoms with Gasteiger partial charge in [-0.05, 0) is 156 Å². The van der Waals surface area contributed by atoms with Crippen molar-refractivity contribution in [3.8, 4) is 39.8 Å². The van der Waals surface area contributed by atoms with Crippen molar-refractivity contribution >= 4 is 54.3 Å². The number of aromatic nitrogens is 2. The predicted octanol–water partition coefficient (Wildman–Crippen LogP) is 22.5. The molecule has 0 aliphatic carbocycles. The van der Waals surface area contributed by atoms with E-state index < -0.39 is 17.9 Å². The highest BCUT2D eigenvalue weighted by atomic mass is 16.6. The highest BCUT2D eigenvalue weighted by molar-refractivity contribution is 5.88. The van der Waals surface area contributed by atoms with Crippen LogP contribution in [0.2, 0.25) is 0 Å². The zero-order valence-corrected chi connectivity index (χ0v) is 54.9. The molecule has 0 bridgehead atoms. The summed E-state index contributed by atoms with van der Waals surface area (Å²) in [6.45, 7) is 32.2. The first kappa shape index (κ1) is 87.8. The molecule has 0 saturated heterocycles. The van der Waals surface area contributed by atoms with Crippen LogP contribution in [0, 0.1) is 6.92 Å². The number of esters is 4. The number of carbonyl (C=O) groups excluding carboxylic acids is 4. The number of aryl methyl sites for hydroxylation is 1. The fraction of sp³-hybridized carbons (Fsp3) is 0.302. The molecule has 0 aliphatic heterocycles. The smallest absolute Gasteiger partial charge is 0.333 e. The van der Waals surface area contributed by atoms with Crippen LogP contribution in [-0.4, -0.2) is 60.5 Å². The zero-order valence-electron chi connectivity index (χ0n) is 54.9. The third-order valence-electron chi connectivity index (χ3n) is 14.2. The summed E-state index contributed by atoms with van der Waals surface area (Å²) in [5, 5.41) is 8.33. The van der Waals surface area contributed by atoms with Crippen LogP contribution < -0.4 is 4.74 Å². The van der Waals surface area contributed by atoms with Gasteiger partial charge in [0.25, 0.3) is 0 Å². The van der Waals surface area contributed by atoms with Crippen LogP contribution in [0.5, 0.6) is 5.75 Å². The highest BCUT2D eigenvalue weighted by Crippen LogP contribution is 2.31. The van der Waals surface area contributed by atoms with E-state index in [0.717, 1.165) is 75.1 Å². The lowest BCUT2D eigenvalue weighted by Gasteiger charge is -2.18. The number of rotatable bonds is 24. The number of ether oxygens (including phenoxy) is 5. The first-order valence-corrected chi connectivity index (χ1v) is 30.7. The summed E-state index contributed by atoms with van der Waals surface area (Å²) >= 11 is 0. The zero-order chi connectivity index (χ0) is 66.6. The van der Waals surface area contributed by atoms with Crippen molar-refractivity contribution in [2.24, 2.45) is 0 Å². The van der Waals surface area contributed by atoms with E-state index in [1.807, 2.05) is 97.1 Å². The molecule has 98 heavy (non-hydrogen) atoms. The van der Waals surface area contributed by atoms with Crippen LogP contribution in [0.4, 0.5) is 0 Å². The first-order chi connectivity index (χ1) is 43.9. The third-order valence-corrected chi connectivity index (χ3v) is 14.2. The van der Waals surface area contributed by atoms with Gasteiger partial charge in [-0.3, -0.25) is 0 Å². The Hall–Kier alpha value is -10.2. The molecule has 0 N–H and O–H groups in total. The second-order valence-corrected chi connectivity index (χ2v) is 24.2. The molecule has 0 radical (unpaired) electrons. The second kappa shape index (κ2) is 43.8. The maximum Gasteiger partial charge on any atom is 0.333 e. The van der Waals surface area contributed by atoms with Gasteiger partial charge in [-0.15, -0.1) is 10.2 Å². The topological polar surface area (TPSA) is 153 Å². The number of hydrogen-bond acceptors (Lipinski definition) is 12. The third kappa shape index (κ3) is 29.8. The maximum atomic E-state index is 11.6. The summed E-state index contributed by atoms with van der Waals surface area (Å²) < 4.78 is 32.2. The molecule has 12 nitrogen and oxygen atoms in total. The van der Waals surface area contributed by atoms with Crippen LogP contribution in [0.15, 0.2) is 217 Å². The average molecular weight is 1330 g/mol. The Labute approximate surface area is 587 Å². The molecule has 0 atom stereocenters. The molecular weight excluding hydrogens is 1220 g/mol. The van der Waals surface area contributed by atoms with Crippen molar-refractivity contribution in [2.75, 3.05) is 26.4 Å². The highest BCUT2D eigenvalue weighted by Gasteiger charge is 2.16. The quantitative estimate of drug-likeness (QED) is 0.0186. The average Bonchev–Trinajstić information content (AvgIpc) is 1.41. The summed E-state index contributed by atoms with van der Waals surface area (Å²) in [5.41, 5.74) is 15.5. The van der Waals surface area contributed by atoms with Gasteiger partial charge in [0.1, 0.15) is 25.6 Å². The SMILES string of the molecule is C.C.C.C.C.C.C=C(C)C(=O)OCCCCCOc1cc(/C=C/c2ccc(C(C)(C)C)cc2)c(C)cc1/C=C/c1ccc(C(C)(C)C)cc1.C=C(C)C(=O)OCCOC(=O)/C=C/c1ccccc1.C=C(C)C(=O)OCc1ccc(-c2nnc(-c3ccc(-c4ccccc4)cc3)o2)cc1. The Morgan fingerprint density at radius 1 is 0.429 bits per heavy atom. The molecule has 8 aromatic rings. The molecule has 1 aromatic heterocycles. The standard InChI is InChI=1S/C40H50O3.C25H20N2O3.C15H16O4.6CH4/c1-29(2)38(41)43-26-12-10-11-25-42-37-28-33(19-13-31-15-21-35(22-16-31)39(4,5)6)30(3)27-34(37)20-14-32-17-23-36(24-18-32)40(7,8)9;1-17(2)25(28)29-16-18-8-10-21(11-9-18)23-26-27-24(30-23)22-14-12-20(13-15-22)19-6-4-3-5-7-19;1-12(2)15(17)19-11-10-18-14(16)9-8-13-6-4-3-5-7-13;;;;;;/h13-24,27-28H,1,10-12,25-26H2,2-9H3;3-15H,1,16H2,2H3;3-9H,1,10-11H2,2H3;6*1H4/b19-13+,20-14+;;9-8+;;;;;;. The molecule has 7 aromatic carbocycles. The van der Waals surface area contributed by atoms with Crippen LogP contribution >= 0.6 is 0 Å². The Bertz CT molecular complexity index is 3820. The van der Waals surface area contributed by atoms with Gasteiger partial charge in [-0.25, -0.2) is 19.2 Å². The van der Waals surface area contributed by atoms with Gasteiger partial charge >= 0.3 is 23.9 Å². The van der Waals surface area contributed by atoms with E-state index >= 15 is 0 Å². The molecule has 0 fully saturated rings. The van der Waals surface area contributed by atoms with Gasteiger partial charge in [0.15, 0.2) is 0 Å². The molecule has 1 heterocycles. The van der Waals surface area contributed by atoms with Crippen LogP contribution in [0.1, 0.15) is 176 Å². The van der Waals surface area contributed by atoms with Gasteiger partial charge < -0.3 is 28.1 Å². The van der Waals surface area contributed by atoms with E-state index in [9.17, 15) is 19.2 Å². The van der Waals surface area contributed by atoms with Crippen molar-refractivity contribution in [2.45, 2.75) is 150 Å². The molecule has 0 saturated carbocycles. The summed E-state index contributed by atoms with van der Waals surface area (Å²) in [4.78, 5) is 45.4. The predicted molar refractivity (Wildman–Crippen MR) is 412 cm³/mol. The van der Waals surface area contributed by atoms with Crippen molar-refractivity contribution in [3.63, 3.8) is 0 Å². The molecule has 8 rings (SSSR count). The lowest BCUT2D eigenvalue weighted by molar-refractivity contribution is -0.146. The number of carbonyl (C=O) groups is 4. The van der Waals surface area contributed by atoms with Crippen LogP contribution in [0.3, 0.4) is 0 Å². The Morgan fingerprint density at radius 2 is 0.837 bits per heavy atom. The van der Waals surface area contributed by atoms with E-state index in [-0.39, 0.29) is 81.2 Å². The number of hydrogen-bond donors (Lipinski definition) is 0. The van der Waals surface area contributed by atoms with Crippen molar-refractivity contribution in [3.05, 3.63) is 262 Å². The van der Waals surface area contributed by atoms with E-state index in [0.29, 0.717) is 41.7 Å². The van der Waals surface area contributed by atoms with Crippen molar-refractivity contribution in [1.82, 2.24) is 10.2 Å². The molecule has 0 spiro atoms. The van der Waals surface area contributed by atoms with E-state index in [1.165, 1.54) is 28.3 Å². The lowest BCUT2D eigenvalue weighted by atomic mass is 9.86. The second-order valence-electron chi connectivity index (χ2n) is 24.2. The van der Waals surface area contributed by atoms with Gasteiger partial charge in [0, 0.05) is 39.5 Å². The molecule has 0 unspecified atom stereocenters. The lowest BCUT2D eigenvalue weighted by Crippen LogP contribution is -2.12. The number of nitrogens with zero attached hydrogens (tertiary/aromatic N) is 2. The van der Waals surface area contributed by atoms with Crippen LogP contribution in [-0.2, 0) is 55.6 Å². The first-order valence-electron chi connectivity index (χ1n) is 30.7. The monoisotopic (exact) mass is 1330 g/mol. The Kier molecular flexibility index (Phi) is 39.2. The van der Waals surface area contributed by atoms with Gasteiger partial charge in [-0.1, -0.05) is 264 Å². The van der Waals surface area contributed by atoms with Gasteiger partial charge in [0.05, 0.1) is 13.2 Å². The van der Waals surface area contributed by atoms with E-state index in [4.69, 9.17) is 28.1 Å². The molecule has 12 heteroatoms. The minimum atomic E-state index is -0.490. The maximum absolute atomic E-state index is 11.6. The molecule has 524 valence electrons. The van der Waals surface area contributed by atoms with Gasteiger partial charge in [0.2, 0.25) is 11.8 Å². The van der Waals surface area contributed by atoms with E-state index in [1.54, 1.807) is 26.8 Å². The number of unbranched alkanes of at least 4 members (excludes halogenated alkanes) is 2. The number of benzene rings is 7. The summed E-state index contributed by atoms with van der Waals surface area (Å²) in [6.07, 6.45) is 14.2. The largest absolute Gasteiger partial charge is 0.493 e. The molecular formula is C86H110N2O10. The Morgan fingerprint density at radius 3 is 1.33 bits per heavy atom. The fourth-order valence-corrected chi connectivity index (χ4v) is 8.66. The summed E-state index contributed by atoms with van der Waals surface area (Å²) in [6, 6.07) is 56.9.